The molecular weight excluding hydrogens is 296 g/mol. The zero-order valence-corrected chi connectivity index (χ0v) is 15.6. The Bertz CT molecular complexity index is 569. The Morgan fingerprint density at radius 1 is 1.04 bits per heavy atom. The third-order valence-electron chi connectivity index (χ3n) is 5.45. The fourth-order valence-corrected chi connectivity index (χ4v) is 4.01. The molecule has 0 spiro atoms. The van der Waals surface area contributed by atoms with Gasteiger partial charge in [0, 0.05) is 25.6 Å². The summed E-state index contributed by atoms with van der Waals surface area (Å²) >= 11 is 0. The topological polar surface area (TPSA) is 23.6 Å². The van der Waals surface area contributed by atoms with E-state index in [-0.39, 0.29) is 11.3 Å². The van der Waals surface area contributed by atoms with Gasteiger partial charge in [0.15, 0.2) is 0 Å². The van der Waals surface area contributed by atoms with Gasteiger partial charge in [0.2, 0.25) is 5.91 Å². The van der Waals surface area contributed by atoms with Gasteiger partial charge in [0.05, 0.1) is 11.4 Å². The first-order valence-electron chi connectivity index (χ1n) is 9.62. The number of amides is 1. The van der Waals surface area contributed by atoms with E-state index in [1.165, 1.54) is 37.8 Å². The lowest BCUT2D eigenvalue weighted by molar-refractivity contribution is -0.118. The fraction of sp³-hybridized carbons (Fsp3) is 0.667. The van der Waals surface area contributed by atoms with Crippen molar-refractivity contribution in [3.05, 3.63) is 24.3 Å². The average Bonchev–Trinajstić information content (AvgIpc) is 2.69. The second kappa shape index (κ2) is 7.16. The fourth-order valence-electron chi connectivity index (χ4n) is 4.01. The Labute approximate surface area is 147 Å². The SMILES string of the molecule is CC(C)(C)CCN1C(=O)CCN(C2CCCCC2)c2ccccc21. The number of anilines is 2. The molecule has 0 saturated heterocycles. The molecule has 3 nitrogen and oxygen atoms in total. The summed E-state index contributed by atoms with van der Waals surface area (Å²) in [5.41, 5.74) is 2.63. The molecular formula is C21H32N2O. The minimum Gasteiger partial charge on any atom is -0.366 e. The first-order valence-corrected chi connectivity index (χ1v) is 9.62. The van der Waals surface area contributed by atoms with E-state index in [0.717, 1.165) is 25.2 Å². The Morgan fingerprint density at radius 2 is 1.71 bits per heavy atom. The maximum absolute atomic E-state index is 12.8. The van der Waals surface area contributed by atoms with Crippen LogP contribution in [-0.2, 0) is 4.79 Å². The quantitative estimate of drug-likeness (QED) is 0.779. The molecule has 1 heterocycles. The van der Waals surface area contributed by atoms with Crippen LogP contribution in [0.2, 0.25) is 0 Å². The highest BCUT2D eigenvalue weighted by Crippen LogP contribution is 2.37. The highest BCUT2D eigenvalue weighted by Gasteiger charge is 2.30. The van der Waals surface area contributed by atoms with E-state index in [4.69, 9.17) is 0 Å². The summed E-state index contributed by atoms with van der Waals surface area (Å²) in [5.74, 6) is 0.282. The third kappa shape index (κ3) is 3.93. The standard InChI is InChI=1S/C21H32N2O/c1-21(2,3)14-16-23-19-12-8-7-11-18(19)22(15-13-20(23)24)17-9-5-4-6-10-17/h7-8,11-12,17H,4-6,9-10,13-16H2,1-3H3. The minimum atomic E-state index is 0.241. The Morgan fingerprint density at radius 3 is 2.38 bits per heavy atom. The molecule has 3 rings (SSSR count). The summed E-state index contributed by atoms with van der Waals surface area (Å²) < 4.78 is 0. The van der Waals surface area contributed by atoms with Gasteiger partial charge in [-0.15, -0.1) is 0 Å². The molecule has 1 aromatic carbocycles. The van der Waals surface area contributed by atoms with E-state index in [1.807, 2.05) is 4.90 Å². The predicted molar refractivity (Wildman–Crippen MR) is 102 cm³/mol. The van der Waals surface area contributed by atoms with Gasteiger partial charge in [-0.3, -0.25) is 4.79 Å². The number of benzene rings is 1. The van der Waals surface area contributed by atoms with E-state index in [0.29, 0.717) is 12.5 Å². The summed E-state index contributed by atoms with van der Waals surface area (Å²) in [4.78, 5) is 17.4. The van der Waals surface area contributed by atoms with Crippen molar-refractivity contribution in [2.24, 2.45) is 5.41 Å². The summed E-state index contributed by atoms with van der Waals surface area (Å²) in [6.45, 7) is 8.42. The molecule has 1 amide bonds. The van der Waals surface area contributed by atoms with Gasteiger partial charge >= 0.3 is 0 Å². The van der Waals surface area contributed by atoms with Crippen LogP contribution in [0.15, 0.2) is 24.3 Å². The largest absolute Gasteiger partial charge is 0.366 e. The summed E-state index contributed by atoms with van der Waals surface area (Å²) in [5, 5.41) is 0. The maximum Gasteiger partial charge on any atom is 0.228 e. The zero-order chi connectivity index (χ0) is 17.2. The number of carbonyl (C=O) groups is 1. The van der Waals surface area contributed by atoms with Crippen LogP contribution in [0, 0.1) is 5.41 Å². The van der Waals surface area contributed by atoms with E-state index >= 15 is 0 Å². The first kappa shape index (κ1) is 17.3. The molecule has 0 radical (unpaired) electrons. The zero-order valence-electron chi connectivity index (χ0n) is 15.6. The van der Waals surface area contributed by atoms with Crippen molar-refractivity contribution in [2.75, 3.05) is 22.9 Å². The normalized spacial score (nSPS) is 20.0. The average molecular weight is 328 g/mol. The van der Waals surface area contributed by atoms with Crippen molar-refractivity contribution in [2.45, 2.75) is 71.8 Å². The van der Waals surface area contributed by atoms with Gasteiger partial charge in [-0.05, 0) is 36.8 Å². The van der Waals surface area contributed by atoms with Crippen molar-refractivity contribution in [1.82, 2.24) is 0 Å². The number of carbonyl (C=O) groups excluding carboxylic acids is 1. The Hall–Kier alpha value is -1.51. The van der Waals surface area contributed by atoms with Gasteiger partial charge in [-0.1, -0.05) is 52.2 Å². The van der Waals surface area contributed by atoms with Crippen LogP contribution in [-0.4, -0.2) is 25.0 Å². The third-order valence-corrected chi connectivity index (χ3v) is 5.45. The molecule has 0 bridgehead atoms. The van der Waals surface area contributed by atoms with E-state index in [9.17, 15) is 4.79 Å². The molecule has 1 aliphatic heterocycles. The van der Waals surface area contributed by atoms with Gasteiger partial charge in [0.1, 0.15) is 0 Å². The van der Waals surface area contributed by atoms with Crippen LogP contribution in [0.3, 0.4) is 0 Å². The molecule has 0 aromatic heterocycles. The van der Waals surface area contributed by atoms with Crippen molar-refractivity contribution in [3.8, 4) is 0 Å². The van der Waals surface area contributed by atoms with Crippen molar-refractivity contribution >= 4 is 17.3 Å². The van der Waals surface area contributed by atoms with Gasteiger partial charge in [-0.25, -0.2) is 0 Å². The number of hydrogen-bond acceptors (Lipinski definition) is 2. The summed E-state index contributed by atoms with van der Waals surface area (Å²) in [6.07, 6.45) is 8.21. The van der Waals surface area contributed by atoms with Crippen molar-refractivity contribution in [3.63, 3.8) is 0 Å². The number of nitrogens with zero attached hydrogens (tertiary/aromatic N) is 2. The first-order chi connectivity index (χ1) is 11.5. The number of hydrogen-bond donors (Lipinski definition) is 0. The van der Waals surface area contributed by atoms with Gasteiger partial charge < -0.3 is 9.80 Å². The van der Waals surface area contributed by atoms with Gasteiger partial charge in [-0.2, -0.15) is 0 Å². The lowest BCUT2D eigenvalue weighted by Crippen LogP contribution is -2.37. The second-order valence-corrected chi connectivity index (χ2v) is 8.58. The maximum atomic E-state index is 12.8. The summed E-state index contributed by atoms with van der Waals surface area (Å²) in [6, 6.07) is 9.15. The lowest BCUT2D eigenvalue weighted by Gasteiger charge is -2.36. The number of rotatable bonds is 3. The van der Waals surface area contributed by atoms with Crippen LogP contribution in [0.25, 0.3) is 0 Å². The molecule has 1 aliphatic carbocycles. The molecule has 1 saturated carbocycles. The molecule has 1 aromatic rings. The molecule has 0 atom stereocenters. The molecule has 1 fully saturated rings. The lowest BCUT2D eigenvalue weighted by atomic mass is 9.92. The van der Waals surface area contributed by atoms with Crippen LogP contribution in [0.4, 0.5) is 11.4 Å². The van der Waals surface area contributed by atoms with Crippen molar-refractivity contribution in [1.29, 1.82) is 0 Å². The number of fused-ring (bicyclic) bond motifs is 1. The second-order valence-electron chi connectivity index (χ2n) is 8.58. The number of para-hydroxylation sites is 2. The Kier molecular flexibility index (Phi) is 5.17. The monoisotopic (exact) mass is 328 g/mol. The predicted octanol–water partition coefficient (Wildman–Crippen LogP) is 5.00. The molecule has 2 aliphatic rings. The van der Waals surface area contributed by atoms with E-state index in [1.54, 1.807) is 0 Å². The molecule has 24 heavy (non-hydrogen) atoms. The van der Waals surface area contributed by atoms with Crippen LogP contribution >= 0.6 is 0 Å². The van der Waals surface area contributed by atoms with Crippen LogP contribution in [0.5, 0.6) is 0 Å². The molecule has 0 unspecified atom stereocenters. The highest BCUT2D eigenvalue weighted by atomic mass is 16.2. The highest BCUT2D eigenvalue weighted by molar-refractivity contribution is 5.98. The molecule has 3 heteroatoms. The van der Waals surface area contributed by atoms with Crippen molar-refractivity contribution < 1.29 is 4.79 Å². The van der Waals surface area contributed by atoms with Crippen LogP contribution < -0.4 is 9.80 Å². The van der Waals surface area contributed by atoms with E-state index in [2.05, 4.69) is 49.9 Å². The van der Waals surface area contributed by atoms with E-state index < -0.39 is 0 Å². The van der Waals surface area contributed by atoms with Crippen LogP contribution in [0.1, 0.15) is 65.7 Å². The van der Waals surface area contributed by atoms with Gasteiger partial charge in [0.25, 0.3) is 0 Å². The molecule has 132 valence electrons. The smallest absolute Gasteiger partial charge is 0.228 e. The minimum absolute atomic E-state index is 0.241. The molecule has 0 N–H and O–H groups in total. The Balaban J connectivity index is 1.89. The summed E-state index contributed by atoms with van der Waals surface area (Å²) in [7, 11) is 0.